The van der Waals surface area contributed by atoms with E-state index in [0.717, 1.165) is 51.0 Å². The van der Waals surface area contributed by atoms with Crippen LogP contribution in [0.4, 0.5) is 0 Å². The molecule has 2 fully saturated rings. The Labute approximate surface area is 194 Å². The fourth-order valence-corrected chi connectivity index (χ4v) is 7.33. The van der Waals surface area contributed by atoms with Crippen molar-refractivity contribution in [1.82, 2.24) is 9.88 Å². The molecule has 0 radical (unpaired) electrons. The number of unbranched alkanes of at least 4 members (excludes halogenated alkanes) is 2. The van der Waals surface area contributed by atoms with Crippen LogP contribution in [0.25, 0.3) is 5.57 Å². The van der Waals surface area contributed by atoms with Crippen molar-refractivity contribution < 1.29 is 9.53 Å². The maximum atomic E-state index is 12.0. The number of nitrogens with zero attached hydrogens (tertiary/aromatic N) is 2. The zero-order chi connectivity index (χ0) is 22.8. The van der Waals surface area contributed by atoms with Gasteiger partial charge in [0.15, 0.2) is 0 Å². The van der Waals surface area contributed by atoms with E-state index in [4.69, 9.17) is 4.74 Å². The van der Waals surface area contributed by atoms with Gasteiger partial charge in [0.1, 0.15) is 5.75 Å². The number of ether oxygens (including phenoxy) is 1. The Kier molecular flexibility index (Phi) is 6.97. The van der Waals surface area contributed by atoms with E-state index in [1.54, 1.807) is 0 Å². The molecule has 176 valence electrons. The molecular weight excluding hydrogens is 396 g/mol. The summed E-state index contributed by atoms with van der Waals surface area (Å²) in [6, 6.07) is 2.19. The van der Waals surface area contributed by atoms with Crippen LogP contribution in [0.1, 0.15) is 91.0 Å². The first-order valence-electron chi connectivity index (χ1n) is 13.0. The maximum absolute atomic E-state index is 12.0. The average molecular weight is 439 g/mol. The number of likely N-dealkylation sites (tertiary alicyclic amines) is 1. The van der Waals surface area contributed by atoms with Crippen LogP contribution in [-0.2, 0) is 4.79 Å². The van der Waals surface area contributed by atoms with Gasteiger partial charge in [-0.3, -0.25) is 9.78 Å². The minimum atomic E-state index is 0.0133. The predicted molar refractivity (Wildman–Crippen MR) is 130 cm³/mol. The second kappa shape index (κ2) is 9.57. The van der Waals surface area contributed by atoms with Gasteiger partial charge in [0.05, 0.1) is 12.8 Å². The van der Waals surface area contributed by atoms with Crippen molar-refractivity contribution in [3.8, 4) is 5.75 Å². The summed E-state index contributed by atoms with van der Waals surface area (Å²) in [5.74, 6) is 2.85. The van der Waals surface area contributed by atoms with E-state index in [1.807, 2.05) is 12.4 Å². The molecule has 1 saturated carbocycles. The van der Waals surface area contributed by atoms with Crippen molar-refractivity contribution >= 4 is 12.0 Å². The van der Waals surface area contributed by atoms with E-state index in [1.165, 1.54) is 43.2 Å². The third-order valence-corrected chi connectivity index (χ3v) is 9.09. The number of rotatable bonds is 9. The topological polar surface area (TPSA) is 42.4 Å². The number of carbonyl (C=O) groups excluding carboxylic acids is 1. The third kappa shape index (κ3) is 3.99. The van der Waals surface area contributed by atoms with E-state index in [9.17, 15) is 4.79 Å². The molecule has 3 aliphatic rings. The molecule has 1 aromatic heterocycles. The number of aromatic nitrogens is 1. The molecule has 1 amide bonds. The van der Waals surface area contributed by atoms with Gasteiger partial charge in [-0.05, 0) is 85.8 Å². The molecule has 1 saturated heterocycles. The number of hydrogen-bond donors (Lipinski definition) is 0. The first kappa shape index (κ1) is 23.3. The second-order valence-electron chi connectivity index (χ2n) is 10.8. The Morgan fingerprint density at radius 1 is 1.16 bits per heavy atom. The highest BCUT2D eigenvalue weighted by atomic mass is 16.5. The van der Waals surface area contributed by atoms with Crippen molar-refractivity contribution in [3.05, 3.63) is 30.1 Å². The molecule has 0 bridgehead atoms. The molecule has 4 rings (SSSR count). The lowest BCUT2D eigenvalue weighted by atomic mass is 9.52. The number of pyridine rings is 1. The van der Waals surface area contributed by atoms with Crippen LogP contribution in [0.2, 0.25) is 0 Å². The van der Waals surface area contributed by atoms with Crippen molar-refractivity contribution in [3.63, 3.8) is 0 Å². The number of piperidine rings is 1. The summed E-state index contributed by atoms with van der Waals surface area (Å²) in [6.07, 6.45) is 18.1. The molecule has 0 aromatic carbocycles. The first-order valence-corrected chi connectivity index (χ1v) is 13.0. The zero-order valence-electron chi connectivity index (χ0n) is 20.6. The van der Waals surface area contributed by atoms with E-state index in [0.29, 0.717) is 17.8 Å². The van der Waals surface area contributed by atoms with Crippen LogP contribution in [0.5, 0.6) is 5.75 Å². The Bertz CT molecular complexity index is 836. The minimum Gasteiger partial charge on any atom is -0.492 e. The van der Waals surface area contributed by atoms with Crippen molar-refractivity contribution in [2.45, 2.75) is 91.0 Å². The highest BCUT2D eigenvalue weighted by molar-refractivity contribution is 5.73. The Hall–Kier alpha value is -1.84. The number of fused-ring (bicyclic) bond motifs is 3. The fraction of sp³-hybridized carbons (Fsp3) is 0.714. The van der Waals surface area contributed by atoms with Crippen LogP contribution in [-0.4, -0.2) is 35.0 Å². The lowest BCUT2D eigenvalue weighted by Crippen LogP contribution is -2.61. The molecule has 5 unspecified atom stereocenters. The highest BCUT2D eigenvalue weighted by Crippen LogP contribution is 2.63. The Balaban J connectivity index is 1.57. The van der Waals surface area contributed by atoms with Crippen LogP contribution in [0.3, 0.4) is 0 Å². The van der Waals surface area contributed by atoms with Gasteiger partial charge < -0.3 is 9.64 Å². The minimum absolute atomic E-state index is 0.0133. The number of amides is 1. The third-order valence-electron chi connectivity index (χ3n) is 9.09. The van der Waals surface area contributed by atoms with Gasteiger partial charge in [0.25, 0.3) is 0 Å². The molecule has 32 heavy (non-hydrogen) atoms. The molecule has 0 spiro atoms. The van der Waals surface area contributed by atoms with Crippen LogP contribution >= 0.6 is 0 Å². The molecule has 1 aliphatic heterocycles. The van der Waals surface area contributed by atoms with Crippen molar-refractivity contribution in [2.24, 2.45) is 23.2 Å². The molecule has 2 heterocycles. The highest BCUT2D eigenvalue weighted by Gasteiger charge is 2.57. The van der Waals surface area contributed by atoms with Gasteiger partial charge in [0.2, 0.25) is 6.41 Å². The molecule has 4 nitrogen and oxygen atoms in total. The zero-order valence-corrected chi connectivity index (χ0v) is 20.6. The van der Waals surface area contributed by atoms with Crippen molar-refractivity contribution in [2.75, 3.05) is 13.2 Å². The van der Waals surface area contributed by atoms with Crippen LogP contribution in [0, 0.1) is 23.2 Å². The monoisotopic (exact) mass is 438 g/mol. The van der Waals surface area contributed by atoms with E-state index < -0.39 is 0 Å². The molecule has 0 N–H and O–H groups in total. The molecular formula is C28H42N2O2. The summed E-state index contributed by atoms with van der Waals surface area (Å²) in [5.41, 5.74) is 2.92. The molecule has 1 aromatic rings. The van der Waals surface area contributed by atoms with Gasteiger partial charge >= 0.3 is 0 Å². The summed E-state index contributed by atoms with van der Waals surface area (Å²) in [7, 11) is 0. The number of hydrogen-bond acceptors (Lipinski definition) is 3. The fourth-order valence-electron chi connectivity index (χ4n) is 7.33. The van der Waals surface area contributed by atoms with Gasteiger partial charge in [-0.25, -0.2) is 0 Å². The molecule has 2 aliphatic carbocycles. The lowest BCUT2D eigenvalue weighted by Gasteiger charge is -2.59. The second-order valence-corrected chi connectivity index (χ2v) is 10.8. The van der Waals surface area contributed by atoms with E-state index in [2.05, 4.69) is 49.7 Å². The van der Waals surface area contributed by atoms with Gasteiger partial charge in [-0.2, -0.15) is 0 Å². The summed E-state index contributed by atoms with van der Waals surface area (Å²) >= 11 is 0. The predicted octanol–water partition coefficient (Wildman–Crippen LogP) is 6.51. The lowest BCUT2D eigenvalue weighted by molar-refractivity contribution is -0.139. The SMILES string of the molecule is CCCCCC1(C)C2CCC3(C)C(c4cncc(OCCC)c4)=CCC3C2CCN1C=O. The maximum Gasteiger partial charge on any atom is 0.210 e. The standard InChI is InChI=1S/C28H42N2O2/c1-5-7-8-13-28(4)26-11-14-27(3)24(21-17-22(19-29-18-21)32-16-6-2)9-10-25(27)23(26)12-15-30(28)20-31/h9,17-20,23,25-26H,5-8,10-16H2,1-4H3. The van der Waals surface area contributed by atoms with E-state index in [-0.39, 0.29) is 11.0 Å². The van der Waals surface area contributed by atoms with Gasteiger partial charge in [-0.1, -0.05) is 46.1 Å². The van der Waals surface area contributed by atoms with Crippen LogP contribution < -0.4 is 4.74 Å². The largest absolute Gasteiger partial charge is 0.492 e. The Morgan fingerprint density at radius 3 is 2.75 bits per heavy atom. The van der Waals surface area contributed by atoms with Gasteiger partial charge in [-0.15, -0.1) is 0 Å². The quantitative estimate of drug-likeness (QED) is 0.326. The smallest absolute Gasteiger partial charge is 0.210 e. The summed E-state index contributed by atoms with van der Waals surface area (Å²) in [5, 5.41) is 0. The number of allylic oxidation sites excluding steroid dienone is 2. The average Bonchev–Trinajstić information content (AvgIpc) is 3.15. The molecule has 4 heteroatoms. The van der Waals surface area contributed by atoms with Crippen LogP contribution in [0.15, 0.2) is 24.5 Å². The first-order chi connectivity index (χ1) is 15.5. The van der Waals surface area contributed by atoms with Crippen molar-refractivity contribution in [1.29, 1.82) is 0 Å². The molecule has 5 atom stereocenters. The number of carbonyl (C=O) groups is 1. The Morgan fingerprint density at radius 2 is 2.00 bits per heavy atom. The van der Waals surface area contributed by atoms with E-state index >= 15 is 0 Å². The summed E-state index contributed by atoms with van der Waals surface area (Å²) in [4.78, 5) is 18.7. The summed E-state index contributed by atoms with van der Waals surface area (Å²) in [6.45, 7) is 10.9. The van der Waals surface area contributed by atoms with Gasteiger partial charge in [0, 0.05) is 18.3 Å². The summed E-state index contributed by atoms with van der Waals surface area (Å²) < 4.78 is 5.88. The normalized spacial score (nSPS) is 33.9.